The Morgan fingerprint density at radius 2 is 1.61 bits per heavy atom. The van der Waals surface area contributed by atoms with Gasteiger partial charge in [0.1, 0.15) is 23.3 Å². The van der Waals surface area contributed by atoms with Crippen molar-refractivity contribution >= 4 is 73.7 Å². The Kier molecular flexibility index (Phi) is 6.74. The van der Waals surface area contributed by atoms with Gasteiger partial charge >= 0.3 is 5.97 Å². The van der Waals surface area contributed by atoms with Gasteiger partial charge < -0.3 is 20.7 Å². The molecular weight excluding hydrogens is 639 g/mol. The largest absolute Gasteiger partial charge is 0.508 e. The first-order valence-electron chi connectivity index (χ1n) is 6.38. The molecule has 0 heterocycles. The lowest BCUT2D eigenvalue weighted by atomic mass is 10.1. The summed E-state index contributed by atoms with van der Waals surface area (Å²) in [7, 11) is 0. The molecule has 0 amide bonds. The number of alkyl halides is 1. The van der Waals surface area contributed by atoms with Crippen LogP contribution < -0.4 is 10.5 Å². The van der Waals surface area contributed by atoms with E-state index in [1.165, 1.54) is 0 Å². The van der Waals surface area contributed by atoms with Gasteiger partial charge in [-0.15, -0.1) is 0 Å². The lowest BCUT2D eigenvalue weighted by Gasteiger charge is -2.19. The standard InChI is InChI=1S/C15H12I3NO4/c16-10-5-9(23-8-3-1-7(20)2-4-8)6-11(17)12(10)13(18)14(19)15(21)22/h1-6,13-14,20H,19H2,(H,21,22)/t13?,14-/m1/s1. The summed E-state index contributed by atoms with van der Waals surface area (Å²) < 4.78 is 7.20. The SMILES string of the molecule is N[C@@H](C(=O)O)C(I)c1c(I)cc(Oc2ccc(O)cc2)cc1I. The van der Waals surface area contributed by atoms with Crippen molar-refractivity contribution in [3.05, 3.63) is 49.1 Å². The quantitative estimate of drug-likeness (QED) is 0.332. The predicted octanol–water partition coefficient (Wildman–Crippen LogP) is 4.28. The molecule has 0 spiro atoms. The Hall–Kier alpha value is -0.340. The highest BCUT2D eigenvalue weighted by Crippen LogP contribution is 2.37. The minimum atomic E-state index is -1.03. The summed E-state index contributed by atoms with van der Waals surface area (Å²) in [5.41, 5.74) is 6.63. The highest BCUT2D eigenvalue weighted by atomic mass is 127. The van der Waals surface area contributed by atoms with Gasteiger partial charge in [0.05, 0.1) is 3.92 Å². The van der Waals surface area contributed by atoms with Crippen LogP contribution in [-0.4, -0.2) is 22.2 Å². The van der Waals surface area contributed by atoms with Crippen LogP contribution in [0.25, 0.3) is 0 Å². The summed E-state index contributed by atoms with van der Waals surface area (Å²) in [5, 5.41) is 18.4. The summed E-state index contributed by atoms with van der Waals surface area (Å²) in [6, 6.07) is 9.14. The Morgan fingerprint density at radius 1 is 1.09 bits per heavy atom. The van der Waals surface area contributed by atoms with Crippen LogP contribution in [-0.2, 0) is 4.79 Å². The van der Waals surface area contributed by atoms with E-state index in [0.29, 0.717) is 11.5 Å². The molecule has 2 atom stereocenters. The van der Waals surface area contributed by atoms with Crippen molar-refractivity contribution in [1.82, 2.24) is 0 Å². The highest BCUT2D eigenvalue weighted by Gasteiger charge is 2.27. The number of rotatable bonds is 5. The van der Waals surface area contributed by atoms with Crippen LogP contribution in [0, 0.1) is 7.14 Å². The van der Waals surface area contributed by atoms with Crippen molar-refractivity contribution in [3.63, 3.8) is 0 Å². The maximum atomic E-state index is 11.1. The number of benzene rings is 2. The predicted molar refractivity (Wildman–Crippen MR) is 112 cm³/mol. The first-order chi connectivity index (χ1) is 10.8. The molecule has 0 aromatic heterocycles. The molecule has 0 aliphatic heterocycles. The van der Waals surface area contributed by atoms with E-state index in [1.807, 2.05) is 12.1 Å². The Morgan fingerprint density at radius 3 is 2.09 bits per heavy atom. The molecule has 2 rings (SSSR count). The van der Waals surface area contributed by atoms with Gasteiger partial charge in [-0.3, -0.25) is 4.79 Å². The molecular formula is C15H12I3NO4. The van der Waals surface area contributed by atoms with Crippen LogP contribution in [0.1, 0.15) is 9.49 Å². The third-order valence-electron chi connectivity index (χ3n) is 3.00. The summed E-state index contributed by atoms with van der Waals surface area (Å²) in [6.45, 7) is 0. The summed E-state index contributed by atoms with van der Waals surface area (Å²) in [4.78, 5) is 11.1. The van der Waals surface area contributed by atoms with E-state index in [2.05, 4.69) is 67.8 Å². The zero-order valence-electron chi connectivity index (χ0n) is 11.5. The third-order valence-corrected chi connectivity index (χ3v) is 6.18. The Labute approximate surface area is 174 Å². The van der Waals surface area contributed by atoms with Crippen LogP contribution >= 0.6 is 67.8 Å². The molecule has 4 N–H and O–H groups in total. The van der Waals surface area contributed by atoms with Gasteiger partial charge in [0.2, 0.25) is 0 Å². The number of halogens is 3. The topological polar surface area (TPSA) is 92.8 Å². The molecule has 0 saturated heterocycles. The number of aromatic hydroxyl groups is 1. The Bertz CT molecular complexity index is 698. The van der Waals surface area contributed by atoms with Gasteiger partial charge in [-0.2, -0.15) is 0 Å². The number of aliphatic carboxylic acids is 1. The number of carbonyl (C=O) groups is 1. The van der Waals surface area contributed by atoms with Gasteiger partial charge in [0.15, 0.2) is 0 Å². The van der Waals surface area contributed by atoms with Crippen molar-refractivity contribution in [1.29, 1.82) is 0 Å². The number of phenols is 1. The molecule has 8 heteroatoms. The maximum absolute atomic E-state index is 11.1. The van der Waals surface area contributed by atoms with Crippen molar-refractivity contribution in [2.24, 2.45) is 5.73 Å². The molecule has 2 aromatic carbocycles. The number of hydrogen-bond acceptors (Lipinski definition) is 4. The van der Waals surface area contributed by atoms with Gasteiger partial charge in [-0.05, 0) is 87.1 Å². The zero-order valence-corrected chi connectivity index (χ0v) is 18.0. The summed E-state index contributed by atoms with van der Waals surface area (Å²) in [5.74, 6) is 0.392. The van der Waals surface area contributed by atoms with Crippen LogP contribution in [0.3, 0.4) is 0 Å². The zero-order chi connectivity index (χ0) is 17.1. The van der Waals surface area contributed by atoms with Crippen molar-refractivity contribution in [3.8, 4) is 17.2 Å². The fourth-order valence-corrected chi connectivity index (χ4v) is 6.39. The first kappa shape index (κ1) is 19.0. The van der Waals surface area contributed by atoms with E-state index in [0.717, 1.165) is 12.7 Å². The molecule has 0 radical (unpaired) electrons. The average molecular weight is 651 g/mol. The first-order valence-corrected chi connectivity index (χ1v) is 9.78. The van der Waals surface area contributed by atoms with Crippen molar-refractivity contribution < 1.29 is 19.7 Å². The van der Waals surface area contributed by atoms with Crippen LogP contribution in [0.4, 0.5) is 0 Å². The molecule has 1 unspecified atom stereocenters. The molecule has 0 aliphatic carbocycles. The molecule has 0 aliphatic rings. The van der Waals surface area contributed by atoms with E-state index in [1.54, 1.807) is 24.3 Å². The van der Waals surface area contributed by atoms with Crippen LogP contribution in [0.2, 0.25) is 0 Å². The number of hydrogen-bond donors (Lipinski definition) is 3. The normalized spacial score (nSPS) is 13.4. The smallest absolute Gasteiger partial charge is 0.321 e. The second kappa shape index (κ2) is 8.16. The molecule has 122 valence electrons. The lowest BCUT2D eigenvalue weighted by molar-refractivity contribution is -0.138. The molecule has 5 nitrogen and oxygen atoms in total. The lowest BCUT2D eigenvalue weighted by Crippen LogP contribution is -2.34. The summed E-state index contributed by atoms with van der Waals surface area (Å²) in [6.07, 6.45) is 0. The second-order valence-corrected chi connectivity index (χ2v) is 8.33. The molecule has 0 fully saturated rings. The van der Waals surface area contributed by atoms with Gasteiger partial charge in [0, 0.05) is 7.14 Å². The van der Waals surface area contributed by atoms with Gasteiger partial charge in [0.25, 0.3) is 0 Å². The molecule has 0 saturated carbocycles. The number of nitrogens with two attached hydrogens (primary N) is 1. The van der Waals surface area contributed by atoms with E-state index < -0.39 is 12.0 Å². The van der Waals surface area contributed by atoms with Gasteiger partial charge in [-0.1, -0.05) is 22.6 Å². The van der Waals surface area contributed by atoms with Crippen LogP contribution in [0.15, 0.2) is 36.4 Å². The fourth-order valence-electron chi connectivity index (χ4n) is 1.84. The maximum Gasteiger partial charge on any atom is 0.321 e. The number of phenolic OH excluding ortho intramolecular Hbond substituents is 1. The van der Waals surface area contributed by atoms with E-state index >= 15 is 0 Å². The minimum absolute atomic E-state index is 0.173. The molecule has 23 heavy (non-hydrogen) atoms. The van der Waals surface area contributed by atoms with E-state index in [4.69, 9.17) is 15.6 Å². The molecule has 0 bridgehead atoms. The minimum Gasteiger partial charge on any atom is -0.508 e. The van der Waals surface area contributed by atoms with Gasteiger partial charge in [-0.25, -0.2) is 0 Å². The molecule has 2 aromatic rings. The van der Waals surface area contributed by atoms with Crippen LogP contribution in [0.5, 0.6) is 17.2 Å². The monoisotopic (exact) mass is 651 g/mol. The van der Waals surface area contributed by atoms with Crippen molar-refractivity contribution in [2.75, 3.05) is 0 Å². The Balaban J connectivity index is 2.29. The third kappa shape index (κ3) is 4.82. The van der Waals surface area contributed by atoms with Crippen molar-refractivity contribution in [2.45, 2.75) is 9.97 Å². The number of ether oxygens (including phenoxy) is 1. The number of carboxylic acids is 1. The summed E-state index contributed by atoms with van der Waals surface area (Å²) >= 11 is 6.36. The fraction of sp³-hybridized carbons (Fsp3) is 0.133. The second-order valence-electron chi connectivity index (χ2n) is 4.66. The number of carboxylic acid groups (broad SMARTS) is 1. The average Bonchev–Trinajstić information content (AvgIpc) is 2.48. The van der Waals surface area contributed by atoms with E-state index in [-0.39, 0.29) is 9.67 Å². The highest BCUT2D eigenvalue weighted by molar-refractivity contribution is 14.1. The van der Waals surface area contributed by atoms with E-state index in [9.17, 15) is 9.90 Å².